The standard InChI is InChI=1S/C24H28N4O3S2/c1-17(2)18-9-11-19(12-10-18)28(33(30,31)20-7-5-4-6-8-20)16-23(29)26-24-25-21-13-14-27(3)15-22(21)32-24/h4-12,17H,13-16H2,1-3H3,(H,25,26,29). The minimum Gasteiger partial charge on any atom is -0.301 e. The van der Waals surface area contributed by atoms with Crippen LogP contribution in [0.2, 0.25) is 0 Å². The number of amides is 1. The second kappa shape index (κ2) is 9.62. The number of benzene rings is 2. The van der Waals surface area contributed by atoms with Gasteiger partial charge in [-0.1, -0.05) is 44.2 Å². The second-order valence-corrected chi connectivity index (χ2v) is 11.4. The van der Waals surface area contributed by atoms with Crippen molar-refractivity contribution in [2.24, 2.45) is 0 Å². The molecule has 2 heterocycles. The Labute approximate surface area is 199 Å². The fourth-order valence-corrected chi connectivity index (χ4v) is 6.27. The number of carbonyl (C=O) groups excluding carboxylic acids is 1. The van der Waals surface area contributed by atoms with Crippen LogP contribution < -0.4 is 9.62 Å². The first-order valence-corrected chi connectivity index (χ1v) is 13.1. The first-order valence-electron chi connectivity index (χ1n) is 10.9. The molecule has 3 aromatic rings. The highest BCUT2D eigenvalue weighted by Gasteiger charge is 2.28. The number of sulfonamides is 1. The summed E-state index contributed by atoms with van der Waals surface area (Å²) in [5, 5.41) is 3.32. The number of nitrogens with one attached hydrogen (secondary N) is 1. The SMILES string of the molecule is CC(C)c1ccc(N(CC(=O)Nc2nc3c(s2)CN(C)CC3)S(=O)(=O)c2ccccc2)cc1. The minimum atomic E-state index is -3.94. The van der Waals surface area contributed by atoms with Gasteiger partial charge in [-0.3, -0.25) is 9.10 Å². The zero-order valence-electron chi connectivity index (χ0n) is 19.0. The first kappa shape index (κ1) is 23.4. The molecule has 0 bridgehead atoms. The highest BCUT2D eigenvalue weighted by molar-refractivity contribution is 7.92. The summed E-state index contributed by atoms with van der Waals surface area (Å²) in [6, 6.07) is 15.5. The lowest BCUT2D eigenvalue weighted by atomic mass is 10.0. The van der Waals surface area contributed by atoms with Crippen LogP contribution in [-0.2, 0) is 27.8 Å². The van der Waals surface area contributed by atoms with Crippen molar-refractivity contribution >= 4 is 38.1 Å². The van der Waals surface area contributed by atoms with Crippen molar-refractivity contribution in [2.45, 2.75) is 37.6 Å². The predicted molar refractivity (Wildman–Crippen MR) is 132 cm³/mol. The van der Waals surface area contributed by atoms with E-state index in [0.29, 0.717) is 16.7 Å². The molecule has 0 saturated heterocycles. The normalized spacial score (nSPS) is 14.2. The number of hydrogen-bond acceptors (Lipinski definition) is 6. The van der Waals surface area contributed by atoms with Crippen molar-refractivity contribution < 1.29 is 13.2 Å². The summed E-state index contributed by atoms with van der Waals surface area (Å²) in [5.41, 5.74) is 2.54. The van der Waals surface area contributed by atoms with E-state index in [-0.39, 0.29) is 11.4 Å². The smallest absolute Gasteiger partial charge is 0.264 e. The number of aromatic nitrogens is 1. The summed E-state index contributed by atoms with van der Waals surface area (Å²) < 4.78 is 28.1. The maximum atomic E-state index is 13.5. The van der Waals surface area contributed by atoms with Crippen LogP contribution in [0.5, 0.6) is 0 Å². The number of hydrogen-bond donors (Lipinski definition) is 1. The zero-order chi connectivity index (χ0) is 23.6. The molecule has 1 aliphatic rings. The van der Waals surface area contributed by atoms with Crippen LogP contribution in [0.1, 0.15) is 35.9 Å². The topological polar surface area (TPSA) is 82.6 Å². The van der Waals surface area contributed by atoms with Crippen molar-refractivity contribution in [3.63, 3.8) is 0 Å². The molecule has 1 amide bonds. The van der Waals surface area contributed by atoms with Gasteiger partial charge < -0.3 is 10.2 Å². The Kier molecular flexibility index (Phi) is 6.83. The number of fused-ring (bicyclic) bond motifs is 1. The summed E-state index contributed by atoms with van der Waals surface area (Å²) in [6.07, 6.45) is 0.842. The maximum absolute atomic E-state index is 13.5. The quantitative estimate of drug-likeness (QED) is 0.546. The molecule has 33 heavy (non-hydrogen) atoms. The molecule has 1 N–H and O–H groups in total. The Hall–Kier alpha value is -2.75. The lowest BCUT2D eigenvalue weighted by Gasteiger charge is -2.24. The van der Waals surface area contributed by atoms with E-state index >= 15 is 0 Å². The van der Waals surface area contributed by atoms with E-state index in [1.54, 1.807) is 30.3 Å². The van der Waals surface area contributed by atoms with E-state index in [9.17, 15) is 13.2 Å². The molecule has 7 nitrogen and oxygen atoms in total. The predicted octanol–water partition coefficient (Wildman–Crippen LogP) is 4.09. The van der Waals surface area contributed by atoms with Crippen LogP contribution in [0.3, 0.4) is 0 Å². The molecule has 174 valence electrons. The highest BCUT2D eigenvalue weighted by Crippen LogP contribution is 2.29. The van der Waals surface area contributed by atoms with Crippen molar-refractivity contribution in [2.75, 3.05) is 29.8 Å². The van der Waals surface area contributed by atoms with Crippen LogP contribution in [-0.4, -0.2) is 44.3 Å². The number of carbonyl (C=O) groups is 1. The van der Waals surface area contributed by atoms with E-state index in [2.05, 4.69) is 36.1 Å². The van der Waals surface area contributed by atoms with Crippen molar-refractivity contribution in [3.05, 3.63) is 70.7 Å². The summed E-state index contributed by atoms with van der Waals surface area (Å²) >= 11 is 1.45. The first-order chi connectivity index (χ1) is 15.7. The van der Waals surface area contributed by atoms with Gasteiger partial charge in [-0.05, 0) is 42.8 Å². The Morgan fingerprint density at radius 2 is 1.85 bits per heavy atom. The molecule has 0 spiro atoms. The Balaban J connectivity index is 1.60. The molecule has 1 aliphatic heterocycles. The average molecular weight is 485 g/mol. The van der Waals surface area contributed by atoms with Gasteiger partial charge in [-0.15, -0.1) is 11.3 Å². The number of nitrogens with zero attached hydrogens (tertiary/aromatic N) is 3. The summed E-state index contributed by atoms with van der Waals surface area (Å²) in [7, 11) is -1.88. The fourth-order valence-electron chi connectivity index (χ4n) is 3.73. The Morgan fingerprint density at radius 1 is 1.15 bits per heavy atom. The van der Waals surface area contributed by atoms with Gasteiger partial charge in [0.05, 0.1) is 16.3 Å². The fraction of sp³-hybridized carbons (Fsp3) is 0.333. The third-order valence-electron chi connectivity index (χ3n) is 5.63. The Morgan fingerprint density at radius 3 is 2.52 bits per heavy atom. The van der Waals surface area contributed by atoms with Crippen LogP contribution in [0.25, 0.3) is 0 Å². The van der Waals surface area contributed by atoms with Crippen LogP contribution in [0.4, 0.5) is 10.8 Å². The third kappa shape index (κ3) is 5.26. The summed E-state index contributed by atoms with van der Waals surface area (Å²) in [6.45, 7) is 5.54. The molecular formula is C24H28N4O3S2. The lowest BCUT2D eigenvalue weighted by Crippen LogP contribution is -2.38. The van der Waals surface area contributed by atoms with Crippen molar-refractivity contribution in [3.8, 4) is 0 Å². The summed E-state index contributed by atoms with van der Waals surface area (Å²) in [4.78, 5) is 21.0. The van der Waals surface area contributed by atoms with Crippen LogP contribution in [0, 0.1) is 0 Å². The van der Waals surface area contributed by atoms with E-state index < -0.39 is 15.9 Å². The van der Waals surface area contributed by atoms with Gasteiger partial charge in [0.2, 0.25) is 5.91 Å². The van der Waals surface area contributed by atoms with E-state index in [1.165, 1.54) is 23.5 Å². The molecule has 0 radical (unpaired) electrons. The van der Waals surface area contributed by atoms with Crippen molar-refractivity contribution in [1.29, 1.82) is 0 Å². The Bertz CT molecular complexity index is 1220. The molecule has 4 rings (SSSR count). The highest BCUT2D eigenvalue weighted by atomic mass is 32.2. The van der Waals surface area contributed by atoms with Gasteiger partial charge >= 0.3 is 0 Å². The molecule has 0 atom stereocenters. The van der Waals surface area contributed by atoms with E-state index in [1.807, 2.05) is 12.1 Å². The number of thiazole rings is 1. The molecule has 0 fully saturated rings. The van der Waals surface area contributed by atoms with Gasteiger partial charge in [-0.25, -0.2) is 13.4 Å². The number of rotatable bonds is 7. The van der Waals surface area contributed by atoms with Gasteiger partial charge in [0, 0.05) is 24.4 Å². The molecule has 1 aromatic heterocycles. The summed E-state index contributed by atoms with van der Waals surface area (Å²) in [5.74, 6) is -0.113. The largest absolute Gasteiger partial charge is 0.301 e. The molecule has 9 heteroatoms. The minimum absolute atomic E-state index is 0.137. The van der Waals surface area contributed by atoms with Gasteiger partial charge in [-0.2, -0.15) is 0 Å². The molecular weight excluding hydrogens is 456 g/mol. The maximum Gasteiger partial charge on any atom is 0.264 e. The third-order valence-corrected chi connectivity index (χ3v) is 8.42. The number of anilines is 2. The van der Waals surface area contributed by atoms with Crippen LogP contribution >= 0.6 is 11.3 Å². The van der Waals surface area contributed by atoms with E-state index in [0.717, 1.165) is 40.0 Å². The monoisotopic (exact) mass is 484 g/mol. The second-order valence-electron chi connectivity index (χ2n) is 8.50. The van der Waals surface area contributed by atoms with Crippen LogP contribution in [0.15, 0.2) is 59.5 Å². The molecule has 2 aromatic carbocycles. The molecule has 0 aliphatic carbocycles. The van der Waals surface area contributed by atoms with Gasteiger partial charge in [0.25, 0.3) is 10.0 Å². The average Bonchev–Trinajstić information content (AvgIpc) is 3.19. The van der Waals surface area contributed by atoms with Gasteiger partial charge in [0.1, 0.15) is 6.54 Å². The number of likely N-dealkylation sites (N-methyl/N-ethyl adjacent to an activating group) is 1. The molecule has 0 saturated carbocycles. The van der Waals surface area contributed by atoms with E-state index in [4.69, 9.17) is 0 Å². The zero-order valence-corrected chi connectivity index (χ0v) is 20.6. The molecule has 0 unspecified atom stereocenters. The lowest BCUT2D eigenvalue weighted by molar-refractivity contribution is -0.114. The van der Waals surface area contributed by atoms with Gasteiger partial charge in [0.15, 0.2) is 5.13 Å². The van der Waals surface area contributed by atoms with Crippen molar-refractivity contribution in [1.82, 2.24) is 9.88 Å².